The van der Waals surface area contributed by atoms with Crippen LogP contribution in [-0.4, -0.2) is 18.2 Å². The topological polar surface area (TPSA) is 72.5 Å². The van der Waals surface area contributed by atoms with Gasteiger partial charge >= 0.3 is 5.97 Å². The Morgan fingerprint density at radius 2 is 2.00 bits per heavy atom. The highest BCUT2D eigenvalue weighted by molar-refractivity contribution is 7.18. The fourth-order valence-electron chi connectivity index (χ4n) is 2.11. The zero-order valence-corrected chi connectivity index (χ0v) is 11.8. The molecular weight excluding hydrogens is 262 g/mol. The number of ether oxygens (including phenoxy) is 1. The van der Waals surface area contributed by atoms with Crippen LogP contribution in [0.5, 0.6) is 5.75 Å². The molecule has 0 radical (unpaired) electrons. The predicted molar refractivity (Wildman–Crippen MR) is 77.2 cm³/mol. The number of hydrogen-bond acceptors (Lipinski definition) is 4. The third kappa shape index (κ3) is 2.42. The number of aryl methyl sites for hydroxylation is 2. The molecule has 0 aliphatic carbocycles. The minimum absolute atomic E-state index is 0.163. The third-order valence-electron chi connectivity index (χ3n) is 2.84. The molecular formula is C14H15NO3S. The number of hydrogen-bond donors (Lipinski definition) is 2. The lowest BCUT2D eigenvalue weighted by molar-refractivity contribution is 0.0703. The molecule has 0 aliphatic rings. The summed E-state index contributed by atoms with van der Waals surface area (Å²) in [5.74, 6) is -0.249. The van der Waals surface area contributed by atoms with Crippen LogP contribution in [0.25, 0.3) is 10.4 Å². The Labute approximate surface area is 115 Å². The first-order valence-corrected chi connectivity index (χ1v) is 6.54. The second-order valence-electron chi connectivity index (χ2n) is 4.36. The first kappa shape index (κ1) is 13.4. The second kappa shape index (κ2) is 4.93. The van der Waals surface area contributed by atoms with Crippen molar-refractivity contribution in [3.05, 3.63) is 34.2 Å². The highest BCUT2D eigenvalue weighted by Gasteiger charge is 2.17. The normalized spacial score (nSPS) is 10.5. The monoisotopic (exact) mass is 277 g/mol. The number of thiophene rings is 1. The Hall–Kier alpha value is -2.01. The van der Waals surface area contributed by atoms with E-state index in [0.717, 1.165) is 38.7 Å². The SMILES string of the molecule is COc1c(C)cc(C)cc1-c1cc(N)c(C(=O)O)s1. The van der Waals surface area contributed by atoms with Crippen molar-refractivity contribution in [1.29, 1.82) is 0 Å². The van der Waals surface area contributed by atoms with Crippen LogP contribution in [0.4, 0.5) is 5.69 Å². The van der Waals surface area contributed by atoms with Crippen molar-refractivity contribution < 1.29 is 14.6 Å². The van der Waals surface area contributed by atoms with Gasteiger partial charge in [0.25, 0.3) is 0 Å². The molecule has 0 unspecified atom stereocenters. The lowest BCUT2D eigenvalue weighted by Crippen LogP contribution is -1.96. The number of anilines is 1. The van der Waals surface area contributed by atoms with Crippen LogP contribution >= 0.6 is 11.3 Å². The van der Waals surface area contributed by atoms with E-state index in [1.165, 1.54) is 0 Å². The van der Waals surface area contributed by atoms with Crippen LogP contribution in [0.15, 0.2) is 18.2 Å². The number of nitrogens with two attached hydrogens (primary N) is 1. The van der Waals surface area contributed by atoms with Crippen LogP contribution in [0.3, 0.4) is 0 Å². The summed E-state index contributed by atoms with van der Waals surface area (Å²) in [6.45, 7) is 3.95. The third-order valence-corrected chi connectivity index (χ3v) is 4.02. The van der Waals surface area contributed by atoms with E-state index < -0.39 is 5.97 Å². The minimum Gasteiger partial charge on any atom is -0.496 e. The standard InChI is InChI=1S/C14H15NO3S/c1-7-4-8(2)12(18-3)9(5-7)11-6-10(15)13(19-11)14(16)17/h4-6H,15H2,1-3H3,(H,16,17). The van der Waals surface area contributed by atoms with Crippen molar-refractivity contribution in [3.8, 4) is 16.2 Å². The van der Waals surface area contributed by atoms with Crippen LogP contribution in [0, 0.1) is 13.8 Å². The van der Waals surface area contributed by atoms with Crippen LogP contribution < -0.4 is 10.5 Å². The van der Waals surface area contributed by atoms with Gasteiger partial charge in [0, 0.05) is 10.4 Å². The molecule has 0 saturated heterocycles. The van der Waals surface area contributed by atoms with Crippen LogP contribution in [-0.2, 0) is 0 Å². The summed E-state index contributed by atoms with van der Waals surface area (Å²) in [6.07, 6.45) is 0. The van der Waals surface area contributed by atoms with E-state index in [4.69, 9.17) is 15.6 Å². The van der Waals surface area contributed by atoms with Gasteiger partial charge < -0.3 is 15.6 Å². The predicted octanol–water partition coefficient (Wildman–Crippen LogP) is 3.32. The van der Waals surface area contributed by atoms with E-state index >= 15 is 0 Å². The quantitative estimate of drug-likeness (QED) is 0.902. The van der Waals surface area contributed by atoms with Crippen molar-refractivity contribution in [3.63, 3.8) is 0 Å². The lowest BCUT2D eigenvalue weighted by Gasteiger charge is -2.11. The van der Waals surface area contributed by atoms with Gasteiger partial charge in [-0.3, -0.25) is 0 Å². The molecule has 0 saturated carbocycles. The summed E-state index contributed by atoms with van der Waals surface area (Å²) in [4.78, 5) is 12.0. The molecule has 0 spiro atoms. The molecule has 3 N–H and O–H groups in total. The maximum atomic E-state index is 11.1. The maximum absolute atomic E-state index is 11.1. The van der Waals surface area contributed by atoms with Gasteiger partial charge in [-0.2, -0.15) is 0 Å². The molecule has 4 nitrogen and oxygen atoms in total. The maximum Gasteiger partial charge on any atom is 0.348 e. The minimum atomic E-state index is -1.00. The van der Waals surface area contributed by atoms with Gasteiger partial charge in [0.15, 0.2) is 0 Å². The summed E-state index contributed by atoms with van der Waals surface area (Å²) in [6, 6.07) is 5.69. The molecule has 1 aromatic heterocycles. The van der Waals surface area contributed by atoms with Crippen LogP contribution in [0.2, 0.25) is 0 Å². The molecule has 5 heteroatoms. The molecule has 0 bridgehead atoms. The Morgan fingerprint density at radius 3 is 2.53 bits per heavy atom. The Balaban J connectivity index is 2.64. The van der Waals surface area contributed by atoms with E-state index in [-0.39, 0.29) is 10.6 Å². The van der Waals surface area contributed by atoms with Crippen molar-refractivity contribution in [1.82, 2.24) is 0 Å². The number of carbonyl (C=O) groups is 1. The van der Waals surface area contributed by atoms with Gasteiger partial charge in [-0.1, -0.05) is 6.07 Å². The fourth-order valence-corrected chi connectivity index (χ4v) is 3.04. The van der Waals surface area contributed by atoms with E-state index in [1.807, 2.05) is 26.0 Å². The van der Waals surface area contributed by atoms with Crippen molar-refractivity contribution in [2.24, 2.45) is 0 Å². The number of carboxylic acids is 1. The molecule has 0 aliphatic heterocycles. The average Bonchev–Trinajstić information content (AvgIpc) is 2.70. The summed E-state index contributed by atoms with van der Waals surface area (Å²) in [5, 5.41) is 9.06. The van der Waals surface area contributed by atoms with Gasteiger partial charge in [0.1, 0.15) is 10.6 Å². The zero-order chi connectivity index (χ0) is 14.2. The van der Waals surface area contributed by atoms with Crippen LogP contribution in [0.1, 0.15) is 20.8 Å². The molecule has 2 aromatic rings. The Morgan fingerprint density at radius 1 is 1.32 bits per heavy atom. The van der Waals surface area contributed by atoms with E-state index in [1.54, 1.807) is 13.2 Å². The highest BCUT2D eigenvalue weighted by atomic mass is 32.1. The smallest absolute Gasteiger partial charge is 0.348 e. The number of nitrogen functional groups attached to an aromatic ring is 1. The van der Waals surface area contributed by atoms with Gasteiger partial charge in [-0.15, -0.1) is 11.3 Å². The van der Waals surface area contributed by atoms with Gasteiger partial charge in [-0.25, -0.2) is 4.79 Å². The molecule has 0 atom stereocenters. The average molecular weight is 277 g/mol. The summed E-state index contributed by atoms with van der Waals surface area (Å²) < 4.78 is 5.41. The molecule has 19 heavy (non-hydrogen) atoms. The van der Waals surface area contributed by atoms with Gasteiger partial charge in [-0.05, 0) is 37.1 Å². The Kier molecular flexibility index (Phi) is 3.48. The van der Waals surface area contributed by atoms with Gasteiger partial charge in [0.2, 0.25) is 0 Å². The van der Waals surface area contributed by atoms with Crippen molar-refractivity contribution in [2.75, 3.05) is 12.8 Å². The van der Waals surface area contributed by atoms with Gasteiger partial charge in [0.05, 0.1) is 12.8 Å². The molecule has 1 heterocycles. The second-order valence-corrected chi connectivity index (χ2v) is 5.42. The number of rotatable bonds is 3. The first-order valence-electron chi connectivity index (χ1n) is 5.72. The van der Waals surface area contributed by atoms with E-state index in [9.17, 15) is 4.79 Å². The van der Waals surface area contributed by atoms with E-state index in [0.29, 0.717) is 0 Å². The summed E-state index contributed by atoms with van der Waals surface area (Å²) >= 11 is 1.16. The van der Waals surface area contributed by atoms with E-state index in [2.05, 4.69) is 0 Å². The Bertz CT molecular complexity index is 646. The lowest BCUT2D eigenvalue weighted by atomic mass is 10.0. The number of methoxy groups -OCH3 is 1. The summed E-state index contributed by atoms with van der Waals surface area (Å²) in [5.41, 5.74) is 9.01. The largest absolute Gasteiger partial charge is 0.496 e. The molecule has 100 valence electrons. The number of carboxylic acid groups (broad SMARTS) is 1. The zero-order valence-electron chi connectivity index (χ0n) is 11.0. The first-order chi connectivity index (χ1) is 8.93. The number of benzene rings is 1. The highest BCUT2D eigenvalue weighted by Crippen LogP contribution is 2.40. The molecule has 2 rings (SSSR count). The summed E-state index contributed by atoms with van der Waals surface area (Å²) in [7, 11) is 1.61. The fraction of sp³-hybridized carbons (Fsp3) is 0.214. The molecule has 0 fully saturated rings. The molecule has 0 amide bonds. The van der Waals surface area contributed by atoms with Crippen molar-refractivity contribution in [2.45, 2.75) is 13.8 Å². The molecule has 1 aromatic carbocycles. The number of aromatic carboxylic acids is 1. The van der Waals surface area contributed by atoms with Crippen molar-refractivity contribution >= 4 is 23.0 Å².